The molecule has 0 saturated carbocycles. The van der Waals surface area contributed by atoms with Gasteiger partial charge >= 0.3 is 0 Å². The molecular weight excluding hydrogens is 252 g/mol. The van der Waals surface area contributed by atoms with Gasteiger partial charge in [0, 0.05) is 32.2 Å². The van der Waals surface area contributed by atoms with Gasteiger partial charge in [0.25, 0.3) is 0 Å². The van der Waals surface area contributed by atoms with E-state index in [2.05, 4.69) is 24.1 Å². The van der Waals surface area contributed by atoms with Gasteiger partial charge in [0.2, 0.25) is 0 Å². The largest absolute Gasteiger partial charge is 0.507 e. The molecule has 0 aliphatic carbocycles. The molecule has 2 N–H and O–H groups in total. The van der Waals surface area contributed by atoms with Crippen LogP contribution in [-0.4, -0.2) is 43.3 Å². The smallest absolute Gasteiger partial charge is 0.127 e. The van der Waals surface area contributed by atoms with Crippen LogP contribution in [0.3, 0.4) is 0 Å². The monoisotopic (exact) mass is 278 g/mol. The first-order valence-electron chi connectivity index (χ1n) is 7.49. The molecule has 0 bridgehead atoms. The number of rotatable bonds is 5. The van der Waals surface area contributed by atoms with E-state index in [1.165, 1.54) is 0 Å². The molecular formula is C16H26N2O2. The Morgan fingerprint density at radius 2 is 2.05 bits per heavy atom. The molecule has 0 spiro atoms. The van der Waals surface area contributed by atoms with E-state index in [9.17, 15) is 5.11 Å². The van der Waals surface area contributed by atoms with Crippen molar-refractivity contribution in [1.82, 2.24) is 10.2 Å². The van der Waals surface area contributed by atoms with Gasteiger partial charge in [-0.1, -0.05) is 26.3 Å². The third-order valence-electron chi connectivity index (χ3n) is 4.29. The molecule has 2 rings (SSSR count). The van der Waals surface area contributed by atoms with Crippen molar-refractivity contribution in [3.63, 3.8) is 0 Å². The Kier molecular flexibility index (Phi) is 5.26. The number of nitrogens with zero attached hydrogens (tertiary/aromatic N) is 1. The maximum absolute atomic E-state index is 10.3. The second kappa shape index (κ2) is 6.95. The van der Waals surface area contributed by atoms with Crippen molar-refractivity contribution in [3.8, 4) is 11.5 Å². The number of phenols is 1. The molecule has 1 aromatic carbocycles. The normalized spacial score (nSPS) is 19.6. The highest BCUT2D eigenvalue weighted by molar-refractivity contribution is 5.46. The highest BCUT2D eigenvalue weighted by atomic mass is 16.5. The van der Waals surface area contributed by atoms with Crippen molar-refractivity contribution in [2.45, 2.75) is 26.3 Å². The number of methoxy groups -OCH3 is 1. The summed E-state index contributed by atoms with van der Waals surface area (Å²) in [6, 6.07) is 5.74. The predicted octanol–water partition coefficient (Wildman–Crippen LogP) is 2.39. The van der Waals surface area contributed by atoms with Gasteiger partial charge in [-0.3, -0.25) is 4.90 Å². The molecule has 4 nitrogen and oxygen atoms in total. The lowest BCUT2D eigenvalue weighted by Crippen LogP contribution is -2.46. The van der Waals surface area contributed by atoms with E-state index in [1.807, 2.05) is 12.1 Å². The van der Waals surface area contributed by atoms with E-state index >= 15 is 0 Å². The molecule has 1 unspecified atom stereocenters. The summed E-state index contributed by atoms with van der Waals surface area (Å²) in [7, 11) is 1.67. The summed E-state index contributed by atoms with van der Waals surface area (Å²) < 4.78 is 5.49. The molecule has 1 aromatic rings. The van der Waals surface area contributed by atoms with Crippen molar-refractivity contribution in [1.29, 1.82) is 0 Å². The van der Waals surface area contributed by atoms with Gasteiger partial charge in [0.15, 0.2) is 0 Å². The van der Waals surface area contributed by atoms with Crippen LogP contribution in [0.25, 0.3) is 0 Å². The standard InChI is InChI=1S/C16H26N2O2/c1-4-12(2)16(18-10-8-17-9-11-18)15-13(19)6-5-7-14(15)20-3/h5-7,12,16-17,19H,4,8-11H2,1-3H3/t12?,16-/m1/s1. The molecule has 0 amide bonds. The second-order valence-corrected chi connectivity index (χ2v) is 5.51. The van der Waals surface area contributed by atoms with E-state index in [4.69, 9.17) is 4.74 Å². The molecule has 1 aliphatic rings. The number of aromatic hydroxyl groups is 1. The first-order chi connectivity index (χ1) is 9.69. The summed E-state index contributed by atoms with van der Waals surface area (Å²) in [6.07, 6.45) is 1.08. The summed E-state index contributed by atoms with van der Waals surface area (Å²) in [5.74, 6) is 1.59. The van der Waals surface area contributed by atoms with Crippen LogP contribution in [0.4, 0.5) is 0 Å². The van der Waals surface area contributed by atoms with Crippen LogP contribution in [0.2, 0.25) is 0 Å². The number of nitrogens with one attached hydrogen (secondary N) is 1. The fourth-order valence-corrected chi connectivity index (χ4v) is 3.02. The summed E-state index contributed by atoms with van der Waals surface area (Å²) in [4.78, 5) is 2.46. The molecule has 20 heavy (non-hydrogen) atoms. The summed E-state index contributed by atoms with van der Waals surface area (Å²) >= 11 is 0. The van der Waals surface area contributed by atoms with E-state index in [-0.39, 0.29) is 6.04 Å². The molecule has 1 fully saturated rings. The van der Waals surface area contributed by atoms with E-state index < -0.39 is 0 Å². The van der Waals surface area contributed by atoms with Crippen molar-refractivity contribution in [3.05, 3.63) is 23.8 Å². The number of ether oxygens (including phenoxy) is 1. The lowest BCUT2D eigenvalue weighted by atomic mass is 9.89. The van der Waals surface area contributed by atoms with Crippen LogP contribution in [-0.2, 0) is 0 Å². The first-order valence-corrected chi connectivity index (χ1v) is 7.49. The topological polar surface area (TPSA) is 44.7 Å². The lowest BCUT2D eigenvalue weighted by molar-refractivity contribution is 0.123. The highest BCUT2D eigenvalue weighted by Gasteiger charge is 2.30. The Labute approximate surface area is 121 Å². The van der Waals surface area contributed by atoms with E-state index in [1.54, 1.807) is 13.2 Å². The zero-order valence-corrected chi connectivity index (χ0v) is 12.7. The zero-order chi connectivity index (χ0) is 14.5. The summed E-state index contributed by atoms with van der Waals surface area (Å²) in [5, 5.41) is 13.7. The van der Waals surface area contributed by atoms with E-state index in [0.717, 1.165) is 43.9 Å². The fourth-order valence-electron chi connectivity index (χ4n) is 3.02. The molecule has 4 heteroatoms. The Balaban J connectivity index is 2.40. The Bertz CT molecular complexity index is 430. The van der Waals surface area contributed by atoms with Crippen LogP contribution in [0.1, 0.15) is 31.9 Å². The average Bonchev–Trinajstić information content (AvgIpc) is 2.50. The molecule has 112 valence electrons. The molecule has 1 heterocycles. The van der Waals surface area contributed by atoms with Gasteiger partial charge in [-0.15, -0.1) is 0 Å². The molecule has 0 radical (unpaired) electrons. The van der Waals surface area contributed by atoms with Gasteiger partial charge in [0.1, 0.15) is 11.5 Å². The van der Waals surface area contributed by atoms with Crippen molar-refractivity contribution < 1.29 is 9.84 Å². The summed E-state index contributed by atoms with van der Waals surface area (Å²) in [5.41, 5.74) is 0.936. The number of piperazine rings is 1. The first kappa shape index (κ1) is 15.1. The van der Waals surface area contributed by atoms with Crippen LogP contribution >= 0.6 is 0 Å². The predicted molar refractivity (Wildman–Crippen MR) is 81.3 cm³/mol. The maximum Gasteiger partial charge on any atom is 0.127 e. The fraction of sp³-hybridized carbons (Fsp3) is 0.625. The minimum Gasteiger partial charge on any atom is -0.507 e. The second-order valence-electron chi connectivity index (χ2n) is 5.51. The Hall–Kier alpha value is -1.26. The molecule has 1 saturated heterocycles. The molecule has 1 aliphatic heterocycles. The average molecular weight is 278 g/mol. The number of phenolic OH excluding ortho intramolecular Hbond substituents is 1. The van der Waals surface area contributed by atoms with Crippen molar-refractivity contribution >= 4 is 0 Å². The number of benzene rings is 1. The van der Waals surface area contributed by atoms with Gasteiger partial charge in [-0.05, 0) is 18.1 Å². The maximum atomic E-state index is 10.3. The minimum atomic E-state index is 0.207. The van der Waals surface area contributed by atoms with Gasteiger partial charge in [0.05, 0.1) is 12.7 Å². The third kappa shape index (κ3) is 3.07. The Morgan fingerprint density at radius 3 is 2.65 bits per heavy atom. The zero-order valence-electron chi connectivity index (χ0n) is 12.7. The Morgan fingerprint density at radius 1 is 1.35 bits per heavy atom. The SMILES string of the molecule is CCC(C)[C@H](c1c(O)cccc1OC)N1CCNCC1. The van der Waals surface area contributed by atoms with Crippen molar-refractivity contribution in [2.75, 3.05) is 33.3 Å². The summed E-state index contributed by atoms with van der Waals surface area (Å²) in [6.45, 7) is 8.47. The van der Waals surface area contributed by atoms with Gasteiger partial charge in [-0.25, -0.2) is 0 Å². The number of hydrogen-bond donors (Lipinski definition) is 2. The van der Waals surface area contributed by atoms with Crippen LogP contribution in [0.15, 0.2) is 18.2 Å². The lowest BCUT2D eigenvalue weighted by Gasteiger charge is -2.39. The minimum absolute atomic E-state index is 0.207. The molecule has 0 aromatic heterocycles. The van der Waals surface area contributed by atoms with Gasteiger partial charge in [-0.2, -0.15) is 0 Å². The van der Waals surface area contributed by atoms with E-state index in [0.29, 0.717) is 11.7 Å². The van der Waals surface area contributed by atoms with Crippen LogP contribution in [0, 0.1) is 5.92 Å². The number of hydrogen-bond acceptors (Lipinski definition) is 4. The highest BCUT2D eigenvalue weighted by Crippen LogP contribution is 2.41. The van der Waals surface area contributed by atoms with Crippen LogP contribution in [0.5, 0.6) is 11.5 Å². The van der Waals surface area contributed by atoms with Crippen molar-refractivity contribution in [2.24, 2.45) is 5.92 Å². The molecule has 2 atom stereocenters. The van der Waals surface area contributed by atoms with Gasteiger partial charge < -0.3 is 15.2 Å². The quantitative estimate of drug-likeness (QED) is 0.868. The third-order valence-corrected chi connectivity index (χ3v) is 4.29. The van der Waals surface area contributed by atoms with Crippen LogP contribution < -0.4 is 10.1 Å².